The van der Waals surface area contributed by atoms with Crippen LogP contribution in [0.3, 0.4) is 0 Å². The molecule has 2 aromatic rings. The highest BCUT2D eigenvalue weighted by Gasteiger charge is 2.33. The first-order valence-electron chi connectivity index (χ1n) is 8.68. The third-order valence-corrected chi connectivity index (χ3v) is 6.37. The first-order chi connectivity index (χ1) is 13.4. The number of benzene rings is 1. The summed E-state index contributed by atoms with van der Waals surface area (Å²) in [5, 5.41) is 4.14. The lowest BCUT2D eigenvalue weighted by atomic mass is 10.1. The minimum absolute atomic E-state index is 0.000780. The maximum absolute atomic E-state index is 13.0. The molecule has 1 aliphatic heterocycles. The molecule has 2 heterocycles. The number of hydrogen-bond donors (Lipinski definition) is 0. The topological polar surface area (TPSA) is 89.3 Å². The number of aryl methyl sites for hydroxylation is 1. The van der Waals surface area contributed by atoms with Crippen LogP contribution < -0.4 is 0 Å². The second kappa shape index (κ2) is 7.29. The van der Waals surface area contributed by atoms with E-state index in [1.54, 1.807) is 0 Å². The van der Waals surface area contributed by atoms with Gasteiger partial charge in [0.15, 0.2) is 9.84 Å². The Labute approximate surface area is 165 Å². The zero-order chi connectivity index (χ0) is 21.6. The molecule has 1 aromatic carbocycles. The van der Waals surface area contributed by atoms with Crippen LogP contribution in [-0.2, 0) is 20.8 Å². The number of hydrogen-bond acceptors (Lipinski definition) is 5. The minimum Gasteiger partial charge on any atom is -0.334 e. The number of amides is 1. The highest BCUT2D eigenvalue weighted by molar-refractivity contribution is 7.91. The number of Topliss-reactive ketones (excluding diaryl/α,β-unsaturated/α-hetero) is 1. The second-order valence-electron chi connectivity index (χ2n) is 6.78. The van der Waals surface area contributed by atoms with Crippen molar-refractivity contribution in [3.63, 3.8) is 0 Å². The number of ketones is 1. The number of rotatable bonds is 3. The van der Waals surface area contributed by atoms with Gasteiger partial charge < -0.3 is 4.90 Å². The van der Waals surface area contributed by atoms with E-state index in [4.69, 9.17) is 0 Å². The second-order valence-corrected chi connectivity index (χ2v) is 9.08. The van der Waals surface area contributed by atoms with Crippen LogP contribution in [0.25, 0.3) is 5.69 Å². The van der Waals surface area contributed by atoms with Crippen molar-refractivity contribution in [1.29, 1.82) is 0 Å². The molecule has 0 atom stereocenters. The van der Waals surface area contributed by atoms with Crippen LogP contribution in [0.15, 0.2) is 24.3 Å². The predicted octanol–water partition coefficient (Wildman–Crippen LogP) is 1.95. The van der Waals surface area contributed by atoms with Crippen LogP contribution in [0.2, 0.25) is 0 Å². The van der Waals surface area contributed by atoms with Crippen LogP contribution in [-0.4, -0.2) is 59.4 Å². The Kier molecular flexibility index (Phi) is 5.28. The van der Waals surface area contributed by atoms with Gasteiger partial charge in [-0.3, -0.25) is 9.59 Å². The van der Waals surface area contributed by atoms with Crippen molar-refractivity contribution in [2.24, 2.45) is 0 Å². The lowest BCUT2D eigenvalue weighted by molar-refractivity contribution is -0.137. The summed E-state index contributed by atoms with van der Waals surface area (Å²) < 4.78 is 63.2. The fourth-order valence-corrected chi connectivity index (χ4v) is 4.40. The van der Waals surface area contributed by atoms with Gasteiger partial charge in [-0.2, -0.15) is 18.3 Å². The molecule has 0 radical (unpaired) electrons. The molecule has 0 unspecified atom stereocenters. The highest BCUT2D eigenvalue weighted by Crippen LogP contribution is 2.31. The van der Waals surface area contributed by atoms with Crippen LogP contribution in [0.5, 0.6) is 0 Å². The quantitative estimate of drug-likeness (QED) is 0.550. The molecule has 1 aliphatic rings. The van der Waals surface area contributed by atoms with E-state index in [-0.39, 0.29) is 47.2 Å². The van der Waals surface area contributed by atoms with Crippen molar-refractivity contribution >= 4 is 21.5 Å². The summed E-state index contributed by atoms with van der Waals surface area (Å²) in [7, 11) is -3.22. The third kappa shape index (κ3) is 4.19. The van der Waals surface area contributed by atoms with Gasteiger partial charge in [0.25, 0.3) is 11.7 Å². The van der Waals surface area contributed by atoms with Crippen molar-refractivity contribution in [1.82, 2.24) is 14.7 Å². The number of nitrogens with zero attached hydrogens (tertiary/aromatic N) is 3. The van der Waals surface area contributed by atoms with Crippen molar-refractivity contribution < 1.29 is 31.2 Å². The summed E-state index contributed by atoms with van der Waals surface area (Å²) in [6.07, 6.45) is -4.53. The summed E-state index contributed by atoms with van der Waals surface area (Å²) >= 11 is 0. The van der Waals surface area contributed by atoms with Gasteiger partial charge in [-0.05, 0) is 32.0 Å². The van der Waals surface area contributed by atoms with Gasteiger partial charge in [-0.1, -0.05) is 6.07 Å². The van der Waals surface area contributed by atoms with Crippen LogP contribution >= 0.6 is 0 Å². The van der Waals surface area contributed by atoms with Crippen LogP contribution in [0, 0.1) is 13.8 Å². The molecule has 11 heteroatoms. The van der Waals surface area contributed by atoms with E-state index in [2.05, 4.69) is 5.10 Å². The number of carbonyl (C=O) groups excluding carboxylic acids is 2. The smallest absolute Gasteiger partial charge is 0.334 e. The van der Waals surface area contributed by atoms with Crippen molar-refractivity contribution in [3.05, 3.63) is 46.8 Å². The molecule has 0 saturated carbocycles. The lowest BCUT2D eigenvalue weighted by Gasteiger charge is -2.26. The van der Waals surface area contributed by atoms with E-state index < -0.39 is 33.3 Å². The molecule has 0 aliphatic carbocycles. The zero-order valence-corrected chi connectivity index (χ0v) is 16.5. The summed E-state index contributed by atoms with van der Waals surface area (Å²) in [5.41, 5.74) is -0.328. The summed E-state index contributed by atoms with van der Waals surface area (Å²) in [6.45, 7) is 2.82. The van der Waals surface area contributed by atoms with E-state index in [1.807, 2.05) is 0 Å². The monoisotopic (exact) mass is 429 g/mol. The Balaban J connectivity index is 1.92. The minimum atomic E-state index is -4.53. The molecular formula is C18H18F3N3O4S. The molecule has 0 bridgehead atoms. The molecule has 1 aromatic heterocycles. The standard InChI is InChI=1S/C18H18F3N3O4S/c1-11-15(16(25)17(26)23-6-8-29(27,28)9-7-23)12(2)24(22-11)14-5-3-4-13(10-14)18(19,20)21/h3-5,10H,6-9H2,1-2H3. The maximum atomic E-state index is 13.0. The fourth-order valence-electron chi connectivity index (χ4n) is 3.20. The summed E-state index contributed by atoms with van der Waals surface area (Å²) in [4.78, 5) is 26.5. The number of carbonyl (C=O) groups is 2. The zero-order valence-electron chi connectivity index (χ0n) is 15.7. The Bertz CT molecular complexity index is 1080. The molecular weight excluding hydrogens is 411 g/mol. The highest BCUT2D eigenvalue weighted by atomic mass is 32.2. The van der Waals surface area contributed by atoms with E-state index in [0.29, 0.717) is 0 Å². The molecule has 1 amide bonds. The van der Waals surface area contributed by atoms with Gasteiger partial charge in [0, 0.05) is 13.1 Å². The maximum Gasteiger partial charge on any atom is 0.416 e. The Hall–Kier alpha value is -2.69. The van der Waals surface area contributed by atoms with E-state index >= 15 is 0 Å². The summed E-state index contributed by atoms with van der Waals surface area (Å²) in [6, 6.07) is 4.48. The fraction of sp³-hybridized carbons (Fsp3) is 0.389. The average molecular weight is 429 g/mol. The van der Waals surface area contributed by atoms with E-state index in [0.717, 1.165) is 12.1 Å². The molecule has 0 N–H and O–H groups in total. The van der Waals surface area contributed by atoms with Crippen molar-refractivity contribution in [3.8, 4) is 5.69 Å². The first kappa shape index (κ1) is 21.0. The Morgan fingerprint density at radius 2 is 1.72 bits per heavy atom. The van der Waals surface area contributed by atoms with Gasteiger partial charge in [0.2, 0.25) is 0 Å². The molecule has 3 rings (SSSR count). The molecule has 29 heavy (non-hydrogen) atoms. The Morgan fingerprint density at radius 3 is 2.31 bits per heavy atom. The number of halogens is 3. The molecule has 0 spiro atoms. The number of alkyl halides is 3. The van der Waals surface area contributed by atoms with Crippen molar-refractivity contribution in [2.45, 2.75) is 20.0 Å². The molecule has 7 nitrogen and oxygen atoms in total. The van der Waals surface area contributed by atoms with Crippen LogP contribution in [0.1, 0.15) is 27.3 Å². The summed E-state index contributed by atoms with van der Waals surface area (Å²) in [5.74, 6) is -2.15. The van der Waals surface area contributed by atoms with Gasteiger partial charge in [-0.25, -0.2) is 13.1 Å². The lowest BCUT2D eigenvalue weighted by Crippen LogP contribution is -2.46. The van der Waals surface area contributed by atoms with Gasteiger partial charge in [0.1, 0.15) is 0 Å². The predicted molar refractivity (Wildman–Crippen MR) is 97.6 cm³/mol. The molecule has 1 fully saturated rings. The first-order valence-corrected chi connectivity index (χ1v) is 10.5. The molecule has 1 saturated heterocycles. The SMILES string of the molecule is Cc1nn(-c2cccc(C(F)(F)F)c2)c(C)c1C(=O)C(=O)N1CCS(=O)(=O)CC1. The van der Waals surface area contributed by atoms with E-state index in [9.17, 15) is 31.2 Å². The number of sulfone groups is 1. The Morgan fingerprint density at radius 1 is 1.10 bits per heavy atom. The number of aromatic nitrogens is 2. The van der Waals surface area contributed by atoms with Crippen molar-refractivity contribution in [2.75, 3.05) is 24.6 Å². The van der Waals surface area contributed by atoms with Crippen LogP contribution in [0.4, 0.5) is 13.2 Å². The largest absolute Gasteiger partial charge is 0.416 e. The normalized spacial score (nSPS) is 16.7. The van der Waals surface area contributed by atoms with Gasteiger partial charge in [0.05, 0.1) is 39.7 Å². The van der Waals surface area contributed by atoms with E-state index in [1.165, 1.54) is 35.6 Å². The third-order valence-electron chi connectivity index (χ3n) is 4.76. The van der Waals surface area contributed by atoms with Gasteiger partial charge >= 0.3 is 6.18 Å². The molecule has 156 valence electrons. The average Bonchev–Trinajstić information content (AvgIpc) is 2.94. The van der Waals surface area contributed by atoms with Gasteiger partial charge in [-0.15, -0.1) is 0 Å².